The van der Waals surface area contributed by atoms with Crippen LogP contribution in [0.15, 0.2) is 85.1 Å². The smallest absolute Gasteiger partial charge is 0.463 e. The first kappa shape index (κ1) is 57.2. The van der Waals surface area contributed by atoms with Gasteiger partial charge in [-0.25, -0.2) is 4.57 Å². The zero-order valence-electron chi connectivity index (χ0n) is 37.9. The van der Waals surface area contributed by atoms with Gasteiger partial charge in [-0.2, -0.15) is 0 Å². The van der Waals surface area contributed by atoms with Crippen molar-refractivity contribution in [1.82, 2.24) is 5.32 Å². The summed E-state index contributed by atoms with van der Waals surface area (Å²) >= 11 is 0. The lowest BCUT2D eigenvalue weighted by molar-refractivity contribution is -0.147. The Morgan fingerprint density at radius 3 is 1.47 bits per heavy atom. The molecule has 60 heavy (non-hydrogen) atoms. The summed E-state index contributed by atoms with van der Waals surface area (Å²) in [6.07, 6.45) is 58.0. The first-order chi connectivity index (χ1) is 29.3. The number of aliphatic hydroxyl groups excluding tert-OH is 1. The van der Waals surface area contributed by atoms with Crippen LogP contribution in [-0.4, -0.2) is 54.3 Å². The number of carbonyl (C=O) groups is 2. The molecule has 0 heterocycles. The Balaban J connectivity index is 3.68. The molecule has 0 aromatic heterocycles. The molecule has 10 heteroatoms. The van der Waals surface area contributed by atoms with Crippen molar-refractivity contribution in [2.45, 2.75) is 193 Å². The molecule has 0 aliphatic rings. The highest BCUT2D eigenvalue weighted by Crippen LogP contribution is 2.42. The monoisotopic (exact) mass is 860 g/mol. The molecule has 0 aliphatic carbocycles. The van der Waals surface area contributed by atoms with E-state index in [1.807, 2.05) is 0 Å². The Hall–Kier alpha value is -2.81. The second-order valence-electron chi connectivity index (χ2n) is 15.3. The number of phosphoric acid groups is 1. The minimum absolute atomic E-state index is 0.0527. The molecule has 0 saturated heterocycles. The van der Waals surface area contributed by atoms with Crippen molar-refractivity contribution in [3.05, 3.63) is 85.1 Å². The van der Waals surface area contributed by atoms with Gasteiger partial charge in [0.05, 0.1) is 13.2 Å². The Kier molecular flexibility index (Phi) is 43.6. The van der Waals surface area contributed by atoms with Crippen LogP contribution in [0.1, 0.15) is 187 Å². The molecule has 3 N–H and O–H groups in total. The number of esters is 1. The zero-order chi connectivity index (χ0) is 43.9. The summed E-state index contributed by atoms with van der Waals surface area (Å²) in [5.74, 6) is -0.569. The molecule has 0 aromatic rings. The van der Waals surface area contributed by atoms with E-state index in [1.165, 1.54) is 70.6 Å². The van der Waals surface area contributed by atoms with E-state index >= 15 is 0 Å². The van der Waals surface area contributed by atoms with Crippen LogP contribution in [0.25, 0.3) is 0 Å². The van der Waals surface area contributed by atoms with Crippen molar-refractivity contribution >= 4 is 19.7 Å². The topological polar surface area (TPSA) is 131 Å². The quantitative estimate of drug-likeness (QED) is 0.0239. The minimum Gasteiger partial charge on any atom is -0.463 e. The summed E-state index contributed by atoms with van der Waals surface area (Å²) in [6, 6.07) is 0. The molecule has 0 spiro atoms. The zero-order valence-corrected chi connectivity index (χ0v) is 38.8. The number of ether oxygens (including phenoxy) is 1. The van der Waals surface area contributed by atoms with Gasteiger partial charge >= 0.3 is 13.8 Å². The van der Waals surface area contributed by atoms with E-state index in [0.717, 1.165) is 89.9 Å². The molecule has 0 aliphatic heterocycles. The van der Waals surface area contributed by atoms with Crippen molar-refractivity contribution in [3.63, 3.8) is 0 Å². The molecular formula is C50H86NO8P. The van der Waals surface area contributed by atoms with Gasteiger partial charge < -0.3 is 20.1 Å². The van der Waals surface area contributed by atoms with Gasteiger partial charge in [-0.3, -0.25) is 18.6 Å². The third kappa shape index (κ3) is 46.3. The number of hydrogen-bond donors (Lipinski definition) is 3. The predicted molar refractivity (Wildman–Crippen MR) is 252 cm³/mol. The van der Waals surface area contributed by atoms with E-state index in [1.54, 1.807) is 0 Å². The highest BCUT2D eigenvalue weighted by atomic mass is 31.2. The van der Waals surface area contributed by atoms with Crippen molar-refractivity contribution in [2.24, 2.45) is 0 Å². The first-order valence-corrected chi connectivity index (χ1v) is 25.1. The van der Waals surface area contributed by atoms with Gasteiger partial charge in [0.1, 0.15) is 12.7 Å². The summed E-state index contributed by atoms with van der Waals surface area (Å²) in [4.78, 5) is 34.0. The van der Waals surface area contributed by atoms with Crippen LogP contribution in [0, 0.1) is 0 Å². The van der Waals surface area contributed by atoms with Crippen LogP contribution in [0.3, 0.4) is 0 Å². The molecule has 0 radical (unpaired) electrons. The van der Waals surface area contributed by atoms with Gasteiger partial charge in [0.15, 0.2) is 0 Å². The number of unbranched alkanes of at least 4 members (excludes halogenated alkanes) is 16. The van der Waals surface area contributed by atoms with Gasteiger partial charge in [0.25, 0.3) is 0 Å². The average Bonchev–Trinajstić information content (AvgIpc) is 3.23. The van der Waals surface area contributed by atoms with Gasteiger partial charge in [0, 0.05) is 19.4 Å². The third-order valence-electron chi connectivity index (χ3n) is 9.56. The van der Waals surface area contributed by atoms with Crippen LogP contribution < -0.4 is 5.32 Å². The Bertz CT molecular complexity index is 1250. The van der Waals surface area contributed by atoms with Gasteiger partial charge in [0.2, 0.25) is 5.91 Å². The largest absolute Gasteiger partial charge is 0.472 e. The number of amides is 1. The lowest BCUT2D eigenvalue weighted by Gasteiger charge is -2.15. The second-order valence-corrected chi connectivity index (χ2v) is 16.8. The number of allylic oxidation sites excluding steroid dienone is 14. The summed E-state index contributed by atoms with van der Waals surface area (Å²) in [5.41, 5.74) is 0. The summed E-state index contributed by atoms with van der Waals surface area (Å²) in [5, 5.41) is 12.7. The van der Waals surface area contributed by atoms with Crippen molar-refractivity contribution in [1.29, 1.82) is 0 Å². The van der Waals surface area contributed by atoms with Crippen LogP contribution >= 0.6 is 7.82 Å². The SMILES string of the molecule is CC/C=C\C/C=C\C/C=C\C/C=C\C/C=C\C/C=C\CCCCC(=O)NCCOP(=O)(O)OCC(O)COC(=O)CCCCCCCCC/C=C\CCCCCCCCC. The van der Waals surface area contributed by atoms with E-state index in [9.17, 15) is 24.2 Å². The Morgan fingerprint density at radius 1 is 0.533 bits per heavy atom. The molecule has 2 atom stereocenters. The van der Waals surface area contributed by atoms with Gasteiger partial charge in [-0.1, -0.05) is 170 Å². The molecule has 1 amide bonds. The van der Waals surface area contributed by atoms with Crippen molar-refractivity contribution in [2.75, 3.05) is 26.4 Å². The Morgan fingerprint density at radius 2 is 0.950 bits per heavy atom. The van der Waals surface area contributed by atoms with E-state index in [2.05, 4.69) is 104 Å². The van der Waals surface area contributed by atoms with E-state index in [-0.39, 0.29) is 32.1 Å². The normalized spacial score (nSPS) is 14.0. The summed E-state index contributed by atoms with van der Waals surface area (Å²) in [7, 11) is -4.44. The van der Waals surface area contributed by atoms with Crippen LogP contribution in [0.2, 0.25) is 0 Å². The fourth-order valence-corrected chi connectivity index (χ4v) is 6.78. The number of phosphoric ester groups is 1. The maximum atomic E-state index is 12.1. The highest BCUT2D eigenvalue weighted by molar-refractivity contribution is 7.47. The van der Waals surface area contributed by atoms with E-state index < -0.39 is 26.5 Å². The summed E-state index contributed by atoms with van der Waals surface area (Å²) < 4.78 is 26.9. The number of rotatable bonds is 43. The standard InChI is InChI=1S/C50H86NO8P/c1-3-5-7-9-11-13-15-17-19-21-23-24-25-26-28-30-32-34-36-38-40-42-49(53)51-44-45-58-60(55,56)59-47-48(52)46-57-50(54)43-41-39-37-35-33-31-29-27-22-20-18-16-14-12-10-8-6-4-2/h5,7,11,13,17,19-20,22-24,26,28,32,34,48,52H,3-4,6,8-10,12,14-16,18,21,25,27,29-31,33,35-47H2,1-2H3,(H,51,53)(H,55,56)/b7-5-,13-11-,19-17-,22-20-,24-23-,28-26-,34-32-. The lowest BCUT2D eigenvalue weighted by atomic mass is 10.1. The van der Waals surface area contributed by atoms with Crippen molar-refractivity contribution in [3.8, 4) is 0 Å². The number of hydrogen-bond acceptors (Lipinski definition) is 7. The fraction of sp³-hybridized carbons (Fsp3) is 0.680. The lowest BCUT2D eigenvalue weighted by Crippen LogP contribution is -2.27. The maximum absolute atomic E-state index is 12.1. The molecule has 344 valence electrons. The van der Waals surface area contributed by atoms with Crippen molar-refractivity contribution < 1.29 is 37.9 Å². The van der Waals surface area contributed by atoms with E-state index in [4.69, 9.17) is 13.8 Å². The maximum Gasteiger partial charge on any atom is 0.472 e. The van der Waals surface area contributed by atoms with E-state index in [0.29, 0.717) is 6.42 Å². The number of aliphatic hydroxyl groups is 1. The minimum atomic E-state index is -4.44. The Labute approximate surface area is 366 Å². The summed E-state index contributed by atoms with van der Waals surface area (Å²) in [6.45, 7) is 3.37. The van der Waals surface area contributed by atoms with Gasteiger partial charge in [-0.15, -0.1) is 0 Å². The molecule has 0 fully saturated rings. The molecular weight excluding hydrogens is 774 g/mol. The molecule has 9 nitrogen and oxygen atoms in total. The molecule has 0 bridgehead atoms. The van der Waals surface area contributed by atoms with Gasteiger partial charge in [-0.05, 0) is 89.9 Å². The average molecular weight is 860 g/mol. The van der Waals surface area contributed by atoms with Crippen LogP contribution in [0.4, 0.5) is 0 Å². The molecule has 0 saturated carbocycles. The molecule has 0 aromatic carbocycles. The number of carbonyl (C=O) groups excluding carboxylic acids is 2. The third-order valence-corrected chi connectivity index (χ3v) is 10.5. The fourth-order valence-electron chi connectivity index (χ4n) is 6.02. The molecule has 2 unspecified atom stereocenters. The van der Waals surface area contributed by atoms with Crippen LogP contribution in [0.5, 0.6) is 0 Å². The number of nitrogens with one attached hydrogen (secondary N) is 1. The van der Waals surface area contributed by atoms with Crippen LogP contribution in [-0.2, 0) is 27.9 Å². The predicted octanol–water partition coefficient (Wildman–Crippen LogP) is 13.6. The highest BCUT2D eigenvalue weighted by Gasteiger charge is 2.23. The first-order valence-electron chi connectivity index (χ1n) is 23.6. The second kappa shape index (κ2) is 45.7. The molecule has 0 rings (SSSR count).